The standard InChI is InChI=1S/C6H13N.2C5H12.C3H7N.2C2H6N2.7C2H6.2CH5N.5CH4/c1-6(2,3)5-7-4;2*1-5(2,3)4;3*1-3-4-2;9*1-2;;;;;/h5H,1-4H3;2*1-4H3;3H,1-2H3;2*1-2H3;7*1-2H3;2*2H2,1H3;5*1H4. The lowest BCUT2D eigenvalue weighted by atomic mass is 9.99. The van der Waals surface area contributed by atoms with Crippen LogP contribution in [0.5, 0.6) is 0 Å². The molecule has 0 fully saturated rings. The summed E-state index contributed by atoms with van der Waals surface area (Å²) >= 11 is 0. The van der Waals surface area contributed by atoms with Crippen LogP contribution in [0.1, 0.15) is 217 Å². The number of nitrogens with zero attached hydrogens (tertiary/aromatic N) is 6. The topological polar surface area (TPSA) is 126 Å². The van der Waals surface area contributed by atoms with E-state index in [2.05, 4.69) is 118 Å². The molecule has 0 aliphatic rings. The summed E-state index contributed by atoms with van der Waals surface area (Å²) in [5, 5.41) is 13.4. The molecule has 8 heteroatoms. The Hall–Kier alpha value is -1.54. The molecule has 0 unspecified atom stereocenters. The van der Waals surface area contributed by atoms with E-state index in [9.17, 15) is 0 Å². The molecule has 4 N–H and O–H groups in total. The first-order valence-corrected chi connectivity index (χ1v) is 18.1. The molecule has 0 radical (unpaired) electrons. The molecule has 0 aliphatic heterocycles. The van der Waals surface area contributed by atoms with E-state index in [0.717, 1.165) is 0 Å². The number of azo groups is 2. The molecule has 0 saturated heterocycles. The summed E-state index contributed by atoms with van der Waals surface area (Å²) in [4.78, 5) is 7.49. The Morgan fingerprint density at radius 2 is 0.423 bits per heavy atom. The van der Waals surface area contributed by atoms with Crippen molar-refractivity contribution >= 4 is 12.4 Å². The number of hydrogen-bond acceptors (Lipinski definition) is 8. The number of nitrogens with two attached hydrogens (primary N) is 2. The van der Waals surface area contributed by atoms with Crippen molar-refractivity contribution in [3.05, 3.63) is 0 Å². The fourth-order valence-electron chi connectivity index (χ4n) is 0.387. The maximum absolute atomic E-state index is 4.50. The highest BCUT2D eigenvalue weighted by Gasteiger charge is 2.02. The summed E-state index contributed by atoms with van der Waals surface area (Å²) in [6, 6.07) is 0. The van der Waals surface area contributed by atoms with E-state index >= 15 is 0 Å². The molecule has 0 atom stereocenters. The SMILES string of the molecule is C.C.C.C.C.CC.CC.CC.CC.CC.CC.CC.CC(C)(C)C.CC(C)(C)C.CC=NC.CN.CN.CN=CC(C)(C)C.CN=NC.CN=NC. The fraction of sp³-hybridized carbons (Fsp3) is 0.955. The average Bonchev–Trinajstić information content (AvgIpc) is 3.07. The van der Waals surface area contributed by atoms with Crippen molar-refractivity contribution in [3.8, 4) is 0 Å². The molecule has 0 aromatic rings. The molecule has 0 saturated carbocycles. The summed E-state index contributed by atoms with van der Waals surface area (Å²) in [6.45, 7) is 53.8. The summed E-state index contributed by atoms with van der Waals surface area (Å²) < 4.78 is 0. The van der Waals surface area contributed by atoms with E-state index in [1.54, 1.807) is 48.5 Å². The van der Waals surface area contributed by atoms with Crippen LogP contribution in [0.25, 0.3) is 0 Å². The number of aliphatic imine (C=N–C) groups is 2. The van der Waals surface area contributed by atoms with Gasteiger partial charge in [-0.3, -0.25) is 0 Å². The third kappa shape index (κ3) is 3660. The first-order valence-electron chi connectivity index (χ1n) is 18.1. The minimum absolute atomic E-state index is 0. The molecule has 0 rings (SSSR count). The lowest BCUT2D eigenvalue weighted by Crippen LogP contribution is -2.05. The van der Waals surface area contributed by atoms with Gasteiger partial charge in [-0.25, -0.2) is 0 Å². The van der Waals surface area contributed by atoms with Gasteiger partial charge >= 0.3 is 0 Å². The quantitative estimate of drug-likeness (QED) is 0.188. The molecule has 0 aromatic heterocycles. The zero-order chi connectivity index (χ0) is 43.2. The van der Waals surface area contributed by atoms with Crippen LogP contribution >= 0.6 is 0 Å². The predicted molar refractivity (Wildman–Crippen MR) is 271 cm³/mol. The molecule has 0 spiro atoms. The molecule has 0 bridgehead atoms. The highest BCUT2D eigenvalue weighted by Crippen LogP contribution is 2.08. The Morgan fingerprint density at radius 1 is 0.327 bits per heavy atom. The summed E-state index contributed by atoms with van der Waals surface area (Å²) in [6.07, 6.45) is 3.69. The molecule has 0 aromatic carbocycles. The van der Waals surface area contributed by atoms with Crippen LogP contribution in [0, 0.1) is 16.2 Å². The van der Waals surface area contributed by atoms with Gasteiger partial charge in [0.2, 0.25) is 0 Å². The van der Waals surface area contributed by atoms with Gasteiger partial charge in [0, 0.05) is 48.5 Å². The van der Waals surface area contributed by atoms with Crippen LogP contribution in [0.15, 0.2) is 30.4 Å². The van der Waals surface area contributed by atoms with Gasteiger partial charge in [0.05, 0.1) is 0 Å². The fourth-order valence-corrected chi connectivity index (χ4v) is 0.387. The molecule has 0 aliphatic carbocycles. The van der Waals surface area contributed by atoms with Crippen molar-refractivity contribution in [2.45, 2.75) is 217 Å². The first-order chi connectivity index (χ1) is 21.8. The number of rotatable bonds is 0. The Kier molecular flexibility index (Phi) is 497. The second kappa shape index (κ2) is 194. The van der Waals surface area contributed by atoms with Crippen molar-refractivity contribution in [1.29, 1.82) is 0 Å². The van der Waals surface area contributed by atoms with Crippen LogP contribution in [0.3, 0.4) is 0 Å². The van der Waals surface area contributed by atoms with E-state index in [1.807, 2.05) is 110 Å². The van der Waals surface area contributed by atoms with Gasteiger partial charge in [-0.05, 0) is 43.5 Å². The molecular weight excluding hydrogens is 641 g/mol. The first kappa shape index (κ1) is 133. The minimum Gasteiger partial charge on any atom is -0.333 e. The largest absolute Gasteiger partial charge is 0.333 e. The second-order valence-corrected chi connectivity index (χ2v) is 10.1. The van der Waals surface area contributed by atoms with Crippen LogP contribution in [-0.2, 0) is 0 Å². The molecule has 52 heavy (non-hydrogen) atoms. The van der Waals surface area contributed by atoms with Gasteiger partial charge in [-0.1, -0.05) is 210 Å². The van der Waals surface area contributed by atoms with Crippen molar-refractivity contribution in [2.75, 3.05) is 56.4 Å². The van der Waals surface area contributed by atoms with Gasteiger partial charge in [0.1, 0.15) is 0 Å². The van der Waals surface area contributed by atoms with E-state index in [0.29, 0.717) is 10.8 Å². The van der Waals surface area contributed by atoms with Gasteiger partial charge in [0.25, 0.3) is 0 Å². The molecule has 0 heterocycles. The second-order valence-electron chi connectivity index (χ2n) is 10.1. The van der Waals surface area contributed by atoms with Crippen LogP contribution in [-0.4, -0.2) is 68.8 Å². The van der Waals surface area contributed by atoms with Gasteiger partial charge in [0.15, 0.2) is 0 Å². The third-order valence-electron chi connectivity index (χ3n) is 1.17. The minimum atomic E-state index is 0. The van der Waals surface area contributed by atoms with E-state index in [-0.39, 0.29) is 42.5 Å². The maximum atomic E-state index is 4.50. The third-order valence-corrected chi connectivity index (χ3v) is 1.17. The Balaban J connectivity index is -0.0000000119. The van der Waals surface area contributed by atoms with Crippen LogP contribution in [0.2, 0.25) is 0 Å². The van der Waals surface area contributed by atoms with Crippen molar-refractivity contribution in [2.24, 2.45) is 58.2 Å². The van der Waals surface area contributed by atoms with Crippen molar-refractivity contribution in [1.82, 2.24) is 0 Å². The van der Waals surface area contributed by atoms with Crippen molar-refractivity contribution < 1.29 is 0 Å². The molecule has 344 valence electrons. The zero-order valence-corrected chi connectivity index (χ0v) is 40.5. The summed E-state index contributed by atoms with van der Waals surface area (Å²) in [5.41, 5.74) is 10.3. The average molecular weight is 770 g/mol. The predicted octanol–water partition coefficient (Wildman–Crippen LogP) is 17.5. The number of hydrogen-bond donors (Lipinski definition) is 2. The Morgan fingerprint density at radius 3 is 0.423 bits per heavy atom. The molecule has 0 amide bonds. The van der Waals surface area contributed by atoms with Crippen LogP contribution < -0.4 is 11.5 Å². The van der Waals surface area contributed by atoms with Gasteiger partial charge < -0.3 is 21.5 Å². The Bertz CT molecular complexity index is 327. The Labute approximate surface area is 343 Å². The highest BCUT2D eigenvalue weighted by atomic mass is 15.0. The zero-order valence-electron chi connectivity index (χ0n) is 40.5. The lowest BCUT2D eigenvalue weighted by molar-refractivity contribution is 0.469. The maximum Gasteiger partial charge on any atom is 0.0487 e. The molecule has 8 nitrogen and oxygen atoms in total. The summed E-state index contributed by atoms with van der Waals surface area (Å²) in [5.74, 6) is 0. The lowest BCUT2D eigenvalue weighted by Gasteiger charge is -2.08. The monoisotopic (exact) mass is 769 g/mol. The van der Waals surface area contributed by atoms with Crippen LogP contribution in [0.4, 0.5) is 0 Å². The van der Waals surface area contributed by atoms with Gasteiger partial charge in [-0.2, -0.15) is 20.5 Å². The smallest absolute Gasteiger partial charge is 0.0487 e. The van der Waals surface area contributed by atoms with Crippen molar-refractivity contribution in [3.63, 3.8) is 0 Å². The highest BCUT2D eigenvalue weighted by molar-refractivity contribution is 5.63. The van der Waals surface area contributed by atoms with E-state index < -0.39 is 0 Å². The summed E-state index contributed by atoms with van der Waals surface area (Å²) in [7, 11) is 13.1. The van der Waals surface area contributed by atoms with E-state index in [1.165, 1.54) is 14.1 Å². The van der Waals surface area contributed by atoms with Gasteiger partial charge in [-0.15, -0.1) is 0 Å². The normalized spacial score (nSPS) is 7.31. The molecular formula is C44H128N8. The van der Waals surface area contributed by atoms with E-state index in [4.69, 9.17) is 0 Å².